The summed E-state index contributed by atoms with van der Waals surface area (Å²) in [6, 6.07) is 21.4. The molecule has 0 radical (unpaired) electrons. The Morgan fingerprint density at radius 1 is 1.06 bits per heavy atom. The number of carbonyl (C=O) groups excluding carboxylic acids is 3. The maximum absolute atomic E-state index is 12.7. The Hall–Kier alpha value is -3.91. The van der Waals surface area contributed by atoms with Gasteiger partial charge in [-0.1, -0.05) is 42.0 Å². The first-order valence-corrected chi connectivity index (χ1v) is 10.9. The zero-order valence-corrected chi connectivity index (χ0v) is 19.3. The first-order chi connectivity index (χ1) is 15.9. The molecule has 0 spiro atoms. The van der Waals surface area contributed by atoms with Crippen LogP contribution in [0.1, 0.15) is 11.1 Å². The summed E-state index contributed by atoms with van der Waals surface area (Å²) in [5, 5.41) is 3.99. The van der Waals surface area contributed by atoms with Gasteiger partial charge >= 0.3 is 0 Å². The molecular weight excluding hydrogens is 486 g/mol. The quantitative estimate of drug-likeness (QED) is 0.387. The smallest absolute Gasteiger partial charge is 0.282 e. The lowest BCUT2D eigenvalue weighted by molar-refractivity contribution is -0.118. The number of ether oxygens (including phenoxy) is 1. The summed E-state index contributed by atoms with van der Waals surface area (Å²) in [6.45, 7) is 1.81. The topological polar surface area (TPSA) is 87.7 Å². The zero-order chi connectivity index (χ0) is 23.4. The molecule has 1 aliphatic rings. The summed E-state index contributed by atoms with van der Waals surface area (Å²) >= 11 is 3.42. The summed E-state index contributed by atoms with van der Waals surface area (Å²) in [7, 11) is 0. The van der Waals surface area contributed by atoms with Crippen molar-refractivity contribution in [1.82, 2.24) is 5.43 Å². The zero-order valence-electron chi connectivity index (χ0n) is 17.7. The van der Waals surface area contributed by atoms with Crippen LogP contribution < -0.4 is 20.5 Å². The lowest BCUT2D eigenvalue weighted by atomic mass is 10.1. The number of amides is 3. The normalized spacial score (nSPS) is 14.4. The number of rotatable bonds is 6. The Bertz CT molecular complexity index is 1240. The highest BCUT2D eigenvalue weighted by atomic mass is 79.9. The van der Waals surface area contributed by atoms with Crippen LogP contribution in [0.5, 0.6) is 5.75 Å². The Labute approximate surface area is 199 Å². The highest BCUT2D eigenvalue weighted by molar-refractivity contribution is 9.10. The van der Waals surface area contributed by atoms with Crippen LogP contribution in [-0.4, -0.2) is 24.3 Å². The van der Waals surface area contributed by atoms with Gasteiger partial charge in [-0.15, -0.1) is 0 Å². The van der Waals surface area contributed by atoms with Crippen LogP contribution in [0.15, 0.2) is 82.8 Å². The fraction of sp³-hybridized carbons (Fsp3) is 0.0800. The van der Waals surface area contributed by atoms with E-state index in [1.54, 1.807) is 42.5 Å². The highest BCUT2D eigenvalue weighted by Crippen LogP contribution is 2.28. The Balaban J connectivity index is 1.41. The summed E-state index contributed by atoms with van der Waals surface area (Å²) in [5.74, 6) is -0.737. The second kappa shape index (κ2) is 9.70. The van der Waals surface area contributed by atoms with E-state index >= 15 is 0 Å². The van der Waals surface area contributed by atoms with E-state index in [-0.39, 0.29) is 18.1 Å². The predicted molar refractivity (Wildman–Crippen MR) is 129 cm³/mol. The van der Waals surface area contributed by atoms with Gasteiger partial charge < -0.3 is 10.1 Å². The lowest BCUT2D eigenvalue weighted by Crippen LogP contribution is -2.35. The van der Waals surface area contributed by atoms with Crippen LogP contribution in [0.3, 0.4) is 0 Å². The fourth-order valence-electron chi connectivity index (χ4n) is 3.18. The number of nitrogens with zero attached hydrogens (tertiary/aromatic N) is 1. The third-order valence-electron chi connectivity index (χ3n) is 4.87. The molecule has 7 nitrogen and oxygen atoms in total. The average molecular weight is 506 g/mol. The molecule has 0 unspecified atom stereocenters. The van der Waals surface area contributed by atoms with Crippen molar-refractivity contribution in [2.45, 2.75) is 6.92 Å². The number of hydrazine groups is 1. The van der Waals surface area contributed by atoms with Crippen LogP contribution in [0.4, 0.5) is 11.4 Å². The molecule has 3 aromatic carbocycles. The first kappa shape index (κ1) is 22.3. The Kier molecular flexibility index (Phi) is 6.55. The first-order valence-electron chi connectivity index (χ1n) is 10.1. The molecule has 1 aliphatic heterocycles. The maximum atomic E-state index is 12.7. The van der Waals surface area contributed by atoms with E-state index in [1.165, 1.54) is 11.1 Å². The largest absolute Gasteiger partial charge is 0.483 e. The van der Waals surface area contributed by atoms with Crippen LogP contribution in [0.2, 0.25) is 0 Å². The van der Waals surface area contributed by atoms with Gasteiger partial charge in [0.1, 0.15) is 11.3 Å². The fourth-order valence-corrected chi connectivity index (χ4v) is 3.70. The predicted octanol–water partition coefficient (Wildman–Crippen LogP) is 4.24. The minimum Gasteiger partial charge on any atom is -0.483 e. The lowest BCUT2D eigenvalue weighted by Gasteiger charge is -2.13. The number of benzene rings is 3. The van der Waals surface area contributed by atoms with E-state index in [0.717, 1.165) is 5.56 Å². The molecule has 33 heavy (non-hydrogen) atoms. The van der Waals surface area contributed by atoms with Crippen LogP contribution in [0.25, 0.3) is 6.08 Å². The molecule has 0 aliphatic carbocycles. The minimum atomic E-state index is -0.479. The summed E-state index contributed by atoms with van der Waals surface area (Å²) in [5.41, 5.74) is 5.60. The molecule has 1 fully saturated rings. The van der Waals surface area contributed by atoms with Crippen molar-refractivity contribution in [3.63, 3.8) is 0 Å². The van der Waals surface area contributed by atoms with Crippen molar-refractivity contribution < 1.29 is 19.1 Å². The number of nitrogens with one attached hydrogen (secondary N) is 2. The van der Waals surface area contributed by atoms with Crippen LogP contribution in [-0.2, 0) is 14.4 Å². The van der Waals surface area contributed by atoms with Gasteiger partial charge in [0, 0.05) is 5.69 Å². The number of halogens is 1. The highest BCUT2D eigenvalue weighted by Gasteiger charge is 2.34. The second-order valence-corrected chi connectivity index (χ2v) is 8.22. The van der Waals surface area contributed by atoms with Crippen LogP contribution >= 0.6 is 15.9 Å². The molecule has 3 aromatic rings. The van der Waals surface area contributed by atoms with Crippen molar-refractivity contribution in [2.24, 2.45) is 0 Å². The number of para-hydroxylation sites is 1. The van der Waals surface area contributed by atoms with Crippen molar-refractivity contribution in [1.29, 1.82) is 0 Å². The van der Waals surface area contributed by atoms with E-state index in [2.05, 4.69) is 26.7 Å². The van der Waals surface area contributed by atoms with Crippen molar-refractivity contribution in [2.75, 3.05) is 16.9 Å². The van der Waals surface area contributed by atoms with Crippen molar-refractivity contribution in [3.8, 4) is 5.75 Å². The monoisotopic (exact) mass is 505 g/mol. The molecular formula is C25H20BrN3O4. The summed E-state index contributed by atoms with van der Waals surface area (Å²) < 4.78 is 6.19. The van der Waals surface area contributed by atoms with E-state index in [0.29, 0.717) is 27.2 Å². The van der Waals surface area contributed by atoms with Gasteiger partial charge in [0.25, 0.3) is 17.7 Å². The maximum Gasteiger partial charge on any atom is 0.282 e. The average Bonchev–Trinajstić information content (AvgIpc) is 3.09. The molecule has 8 heteroatoms. The van der Waals surface area contributed by atoms with Gasteiger partial charge in [-0.3, -0.25) is 19.8 Å². The Morgan fingerprint density at radius 2 is 1.79 bits per heavy atom. The number of aryl methyl sites for hydroxylation is 1. The molecule has 3 amide bonds. The van der Waals surface area contributed by atoms with Crippen molar-refractivity contribution >= 4 is 51.1 Å². The number of carbonyl (C=O) groups is 3. The number of anilines is 2. The number of hydrogen-bond acceptors (Lipinski definition) is 4. The second-order valence-electron chi connectivity index (χ2n) is 7.37. The molecule has 0 aromatic heterocycles. The van der Waals surface area contributed by atoms with E-state index in [9.17, 15) is 14.4 Å². The third kappa shape index (κ3) is 5.30. The molecule has 1 saturated heterocycles. The molecule has 0 bridgehead atoms. The van der Waals surface area contributed by atoms with Gasteiger partial charge in [-0.25, -0.2) is 5.01 Å². The molecule has 2 N–H and O–H groups in total. The van der Waals surface area contributed by atoms with Gasteiger partial charge in [0.15, 0.2) is 6.61 Å². The van der Waals surface area contributed by atoms with Gasteiger partial charge in [-0.2, -0.15) is 0 Å². The van der Waals surface area contributed by atoms with E-state index in [1.807, 2.05) is 37.3 Å². The standard InChI is InChI=1S/C25H20BrN3O4/c1-16-7-10-18(11-8-16)27-23(30)15-33-22-12-9-17(14-21(22)26)13-20-24(31)28-29(25(20)32)19-5-3-2-4-6-19/h2-14H,15H2,1H3,(H,27,30)(H,28,31)/b20-13-. The summed E-state index contributed by atoms with van der Waals surface area (Å²) in [6.07, 6.45) is 1.51. The molecule has 0 atom stereocenters. The summed E-state index contributed by atoms with van der Waals surface area (Å²) in [4.78, 5) is 37.2. The van der Waals surface area contributed by atoms with E-state index < -0.39 is 11.8 Å². The molecule has 1 heterocycles. The van der Waals surface area contributed by atoms with Gasteiger partial charge in [0.2, 0.25) is 0 Å². The minimum absolute atomic E-state index is 0.0249. The van der Waals surface area contributed by atoms with Gasteiger partial charge in [0.05, 0.1) is 10.2 Å². The Morgan fingerprint density at radius 3 is 2.48 bits per heavy atom. The SMILES string of the molecule is Cc1ccc(NC(=O)COc2ccc(/C=C3/C(=O)NN(c4ccccc4)C3=O)cc2Br)cc1. The molecule has 0 saturated carbocycles. The van der Waals surface area contributed by atoms with Gasteiger partial charge in [-0.05, 0) is 70.9 Å². The molecule has 166 valence electrons. The van der Waals surface area contributed by atoms with E-state index in [4.69, 9.17) is 4.74 Å². The third-order valence-corrected chi connectivity index (χ3v) is 5.49. The van der Waals surface area contributed by atoms with Crippen molar-refractivity contribution in [3.05, 3.63) is 94.0 Å². The number of hydrogen-bond donors (Lipinski definition) is 2. The van der Waals surface area contributed by atoms with Crippen LogP contribution in [0, 0.1) is 6.92 Å². The molecule has 4 rings (SSSR count).